The molecule has 19 heavy (non-hydrogen) atoms. The van der Waals surface area contributed by atoms with Gasteiger partial charge in [-0.2, -0.15) is 4.98 Å². The molecule has 2 aliphatic rings. The minimum absolute atomic E-state index is 0.304. The van der Waals surface area contributed by atoms with Crippen LogP contribution < -0.4 is 9.47 Å². The maximum absolute atomic E-state index is 6.05. The minimum Gasteiger partial charge on any atom is -0.478 e. The predicted octanol–water partition coefficient (Wildman–Crippen LogP) is 2.48. The second-order valence-electron chi connectivity index (χ2n) is 5.51. The Balaban J connectivity index is 1.64. The Morgan fingerprint density at radius 1 is 1.21 bits per heavy atom. The van der Waals surface area contributed by atoms with Crippen molar-refractivity contribution in [2.24, 2.45) is 0 Å². The zero-order valence-corrected chi connectivity index (χ0v) is 11.7. The Morgan fingerprint density at radius 2 is 1.89 bits per heavy atom. The predicted molar refractivity (Wildman–Crippen MR) is 73.6 cm³/mol. The van der Waals surface area contributed by atoms with Gasteiger partial charge < -0.3 is 14.4 Å². The van der Waals surface area contributed by atoms with Crippen molar-refractivity contribution in [2.45, 2.75) is 50.8 Å². The largest absolute Gasteiger partial charge is 0.478 e. The second kappa shape index (κ2) is 5.37. The van der Waals surface area contributed by atoms with Crippen molar-refractivity contribution in [3.8, 4) is 11.8 Å². The minimum atomic E-state index is 0.304. The molecule has 2 fully saturated rings. The lowest BCUT2D eigenvalue weighted by molar-refractivity contribution is 0.0628. The van der Waals surface area contributed by atoms with Gasteiger partial charge in [-0.1, -0.05) is 6.07 Å². The third-order valence-electron chi connectivity index (χ3n) is 4.33. The molecular formula is C15H22N2O2. The summed E-state index contributed by atoms with van der Waals surface area (Å²) in [5.41, 5.74) is 0. The molecule has 3 rings (SSSR count). The van der Waals surface area contributed by atoms with Crippen LogP contribution in [0.5, 0.6) is 11.8 Å². The van der Waals surface area contributed by atoms with Crippen molar-refractivity contribution >= 4 is 0 Å². The Labute approximate surface area is 114 Å². The summed E-state index contributed by atoms with van der Waals surface area (Å²) in [5.74, 6) is 1.34. The number of nitrogens with zero attached hydrogens (tertiary/aromatic N) is 2. The highest BCUT2D eigenvalue weighted by molar-refractivity contribution is 5.20. The summed E-state index contributed by atoms with van der Waals surface area (Å²) in [7, 11) is 2.24. The number of aromatic nitrogens is 1. The molecule has 0 saturated carbocycles. The van der Waals surface area contributed by atoms with Gasteiger partial charge in [-0.15, -0.1) is 0 Å². The van der Waals surface area contributed by atoms with Crippen molar-refractivity contribution in [2.75, 3.05) is 13.7 Å². The molecule has 104 valence electrons. The molecule has 3 atom stereocenters. The number of fused-ring (bicyclic) bond motifs is 2. The number of rotatable bonds is 4. The van der Waals surface area contributed by atoms with E-state index < -0.39 is 0 Å². The average molecular weight is 262 g/mol. The molecule has 1 aromatic heterocycles. The number of ether oxygens (including phenoxy) is 2. The summed E-state index contributed by atoms with van der Waals surface area (Å²) >= 11 is 0. The van der Waals surface area contributed by atoms with Crippen LogP contribution in [0.25, 0.3) is 0 Å². The van der Waals surface area contributed by atoms with Gasteiger partial charge in [-0.25, -0.2) is 0 Å². The van der Waals surface area contributed by atoms with Gasteiger partial charge in [-0.05, 0) is 39.7 Å². The third kappa shape index (κ3) is 2.68. The van der Waals surface area contributed by atoms with Crippen LogP contribution in [0.15, 0.2) is 18.2 Å². The number of hydrogen-bond acceptors (Lipinski definition) is 4. The van der Waals surface area contributed by atoms with Crippen molar-refractivity contribution in [3.05, 3.63) is 18.2 Å². The molecule has 2 aliphatic heterocycles. The second-order valence-corrected chi connectivity index (χ2v) is 5.51. The number of hydrogen-bond donors (Lipinski definition) is 0. The van der Waals surface area contributed by atoms with Gasteiger partial charge in [0.15, 0.2) is 0 Å². The molecule has 2 saturated heterocycles. The smallest absolute Gasteiger partial charge is 0.216 e. The molecule has 0 spiro atoms. The highest BCUT2D eigenvalue weighted by atomic mass is 16.5. The highest BCUT2D eigenvalue weighted by Gasteiger charge is 2.39. The van der Waals surface area contributed by atoms with E-state index in [0.717, 1.165) is 12.8 Å². The summed E-state index contributed by atoms with van der Waals surface area (Å²) in [6.07, 6.45) is 5.17. The van der Waals surface area contributed by atoms with Crippen LogP contribution in [-0.4, -0.2) is 41.7 Å². The van der Waals surface area contributed by atoms with E-state index in [0.29, 0.717) is 36.6 Å². The van der Waals surface area contributed by atoms with Crippen molar-refractivity contribution in [1.82, 2.24) is 9.88 Å². The van der Waals surface area contributed by atoms with E-state index in [1.807, 2.05) is 25.1 Å². The van der Waals surface area contributed by atoms with E-state index >= 15 is 0 Å². The maximum atomic E-state index is 6.05. The molecule has 0 radical (unpaired) electrons. The first-order valence-electron chi connectivity index (χ1n) is 7.24. The lowest BCUT2D eigenvalue weighted by Crippen LogP contribution is -2.43. The van der Waals surface area contributed by atoms with Crippen molar-refractivity contribution in [3.63, 3.8) is 0 Å². The molecular weight excluding hydrogens is 240 g/mol. The van der Waals surface area contributed by atoms with Gasteiger partial charge in [0.2, 0.25) is 11.8 Å². The third-order valence-corrected chi connectivity index (χ3v) is 4.33. The normalized spacial score (nSPS) is 30.3. The van der Waals surface area contributed by atoms with Crippen molar-refractivity contribution in [1.29, 1.82) is 0 Å². The summed E-state index contributed by atoms with van der Waals surface area (Å²) in [6.45, 7) is 2.60. The number of pyridine rings is 1. The molecule has 0 amide bonds. The molecule has 0 aromatic carbocycles. The molecule has 4 nitrogen and oxygen atoms in total. The SMILES string of the molecule is CCOc1cccc(O[C@@H]2C[C@H]3CC[C@@H](C2)N3C)n1. The summed E-state index contributed by atoms with van der Waals surface area (Å²) in [6, 6.07) is 7.12. The van der Waals surface area contributed by atoms with Crippen LogP contribution >= 0.6 is 0 Å². The van der Waals surface area contributed by atoms with Crippen molar-refractivity contribution < 1.29 is 9.47 Å². The molecule has 4 heteroatoms. The Bertz CT molecular complexity index is 424. The topological polar surface area (TPSA) is 34.6 Å². The highest BCUT2D eigenvalue weighted by Crippen LogP contribution is 2.35. The fourth-order valence-electron chi connectivity index (χ4n) is 3.32. The summed E-state index contributed by atoms with van der Waals surface area (Å²) < 4.78 is 11.5. The fourth-order valence-corrected chi connectivity index (χ4v) is 3.32. The van der Waals surface area contributed by atoms with E-state index in [2.05, 4.69) is 16.9 Å². The van der Waals surface area contributed by atoms with Gasteiger partial charge >= 0.3 is 0 Å². The van der Waals surface area contributed by atoms with Crippen LogP contribution in [0, 0.1) is 0 Å². The van der Waals surface area contributed by atoms with Crippen LogP contribution in [0.3, 0.4) is 0 Å². The average Bonchev–Trinajstić information content (AvgIpc) is 2.63. The first-order chi connectivity index (χ1) is 9.26. The quantitative estimate of drug-likeness (QED) is 0.835. The lowest BCUT2D eigenvalue weighted by atomic mass is 10.0. The summed E-state index contributed by atoms with van der Waals surface area (Å²) in [5, 5.41) is 0. The van der Waals surface area contributed by atoms with Gasteiger partial charge in [0.1, 0.15) is 6.10 Å². The van der Waals surface area contributed by atoms with E-state index in [4.69, 9.17) is 9.47 Å². The Hall–Kier alpha value is -1.29. The van der Waals surface area contributed by atoms with E-state index in [-0.39, 0.29) is 0 Å². The fraction of sp³-hybridized carbons (Fsp3) is 0.667. The van der Waals surface area contributed by atoms with Gasteiger partial charge in [-0.3, -0.25) is 0 Å². The van der Waals surface area contributed by atoms with Crippen LogP contribution in [0.1, 0.15) is 32.6 Å². The van der Waals surface area contributed by atoms with Gasteiger partial charge in [0, 0.05) is 24.2 Å². The molecule has 2 bridgehead atoms. The van der Waals surface area contributed by atoms with E-state index in [1.54, 1.807) is 0 Å². The molecule has 0 N–H and O–H groups in total. The van der Waals surface area contributed by atoms with Crippen LogP contribution in [0.2, 0.25) is 0 Å². The van der Waals surface area contributed by atoms with E-state index in [1.165, 1.54) is 12.8 Å². The number of piperidine rings is 1. The monoisotopic (exact) mass is 262 g/mol. The Morgan fingerprint density at radius 3 is 2.58 bits per heavy atom. The summed E-state index contributed by atoms with van der Waals surface area (Å²) in [4.78, 5) is 6.91. The molecule has 0 aliphatic carbocycles. The van der Waals surface area contributed by atoms with Gasteiger partial charge in [0.05, 0.1) is 6.61 Å². The molecule has 3 heterocycles. The Kier molecular flexibility index (Phi) is 3.60. The standard InChI is InChI=1S/C15H22N2O2/c1-3-18-14-5-4-6-15(16-14)19-13-9-11-7-8-12(10-13)17(11)2/h4-6,11-13H,3,7-10H2,1-2H3/t11-,12+,13-. The first-order valence-corrected chi connectivity index (χ1v) is 7.24. The zero-order chi connectivity index (χ0) is 13.2. The van der Waals surface area contributed by atoms with Gasteiger partial charge in [0.25, 0.3) is 0 Å². The molecule has 0 unspecified atom stereocenters. The molecule has 1 aromatic rings. The van der Waals surface area contributed by atoms with E-state index in [9.17, 15) is 0 Å². The lowest BCUT2D eigenvalue weighted by Gasteiger charge is -2.36. The maximum Gasteiger partial charge on any atom is 0.216 e. The first kappa shape index (κ1) is 12.7. The van der Waals surface area contributed by atoms with Crippen LogP contribution in [0.4, 0.5) is 0 Å². The zero-order valence-electron chi connectivity index (χ0n) is 11.7. The van der Waals surface area contributed by atoms with Crippen LogP contribution in [-0.2, 0) is 0 Å².